The first-order chi connectivity index (χ1) is 7.41. The molecule has 94 valence electrons. The maximum absolute atomic E-state index is 11.1. The van der Waals surface area contributed by atoms with Crippen molar-refractivity contribution in [3.63, 3.8) is 0 Å². The van der Waals surface area contributed by atoms with Gasteiger partial charge in [0.05, 0.1) is 6.61 Å². The lowest BCUT2D eigenvalue weighted by molar-refractivity contribution is -0.183. The van der Waals surface area contributed by atoms with Crippen molar-refractivity contribution in [1.29, 1.82) is 0 Å². The van der Waals surface area contributed by atoms with Gasteiger partial charge in [0.2, 0.25) is 11.8 Å². The van der Waals surface area contributed by atoms with Crippen molar-refractivity contribution >= 4 is 11.8 Å². The van der Waals surface area contributed by atoms with Crippen molar-refractivity contribution in [1.82, 2.24) is 5.48 Å². The summed E-state index contributed by atoms with van der Waals surface area (Å²) in [7, 11) is 0. The van der Waals surface area contributed by atoms with Gasteiger partial charge in [-0.25, -0.2) is 10.3 Å². The lowest BCUT2D eigenvalue weighted by Gasteiger charge is -2.15. The average Bonchev–Trinajstić information content (AvgIpc) is 2.20. The van der Waals surface area contributed by atoms with Crippen LogP contribution in [0.2, 0.25) is 0 Å². The predicted octanol–water partition coefficient (Wildman–Crippen LogP) is 0.318. The summed E-state index contributed by atoms with van der Waals surface area (Å²) in [6.07, 6.45) is -0.484. The molecule has 1 unspecified atom stereocenters. The highest BCUT2D eigenvalue weighted by Crippen LogP contribution is 1.98. The smallest absolute Gasteiger partial charge is 0.244 e. The summed E-state index contributed by atoms with van der Waals surface area (Å²) in [5.41, 5.74) is 7.08. The van der Waals surface area contributed by atoms with E-state index in [0.717, 1.165) is 0 Å². The number of carbonyl (C=O) groups is 2. The Labute approximate surface area is 95.4 Å². The zero-order valence-corrected chi connectivity index (χ0v) is 9.99. The Morgan fingerprint density at radius 3 is 2.38 bits per heavy atom. The number of carbonyl (C=O) groups excluding carboxylic acids is 2. The molecule has 0 aliphatic carbocycles. The second kappa shape index (κ2) is 8.06. The van der Waals surface area contributed by atoms with Gasteiger partial charge >= 0.3 is 0 Å². The Hall–Kier alpha value is -1.14. The Bertz CT molecular complexity index is 231. The van der Waals surface area contributed by atoms with Gasteiger partial charge in [-0.1, -0.05) is 13.8 Å². The molecule has 0 heterocycles. The van der Waals surface area contributed by atoms with Crippen LogP contribution < -0.4 is 11.2 Å². The highest BCUT2D eigenvalue weighted by atomic mass is 16.8. The molecule has 16 heavy (non-hydrogen) atoms. The standard InChI is InChI=1S/C10H20N2O4/c1-7(2)6-15-8(3)16-12-10(14)5-4-9(11)13/h7-8H,4-6H2,1-3H3,(H2,11,13)(H,12,14). The number of nitrogens with one attached hydrogen (secondary N) is 1. The summed E-state index contributed by atoms with van der Waals surface area (Å²) >= 11 is 0. The highest BCUT2D eigenvalue weighted by Gasteiger charge is 2.08. The molecule has 0 rings (SSSR count). The zero-order valence-electron chi connectivity index (χ0n) is 9.99. The fourth-order valence-corrected chi connectivity index (χ4v) is 0.798. The summed E-state index contributed by atoms with van der Waals surface area (Å²) in [6, 6.07) is 0. The van der Waals surface area contributed by atoms with Crippen molar-refractivity contribution in [2.24, 2.45) is 11.7 Å². The van der Waals surface area contributed by atoms with Crippen LogP contribution in [0.3, 0.4) is 0 Å². The van der Waals surface area contributed by atoms with E-state index in [0.29, 0.717) is 12.5 Å². The van der Waals surface area contributed by atoms with E-state index in [-0.39, 0.29) is 12.8 Å². The van der Waals surface area contributed by atoms with Gasteiger partial charge in [-0.2, -0.15) is 0 Å². The second-order valence-corrected chi connectivity index (χ2v) is 3.90. The molecule has 0 radical (unpaired) electrons. The molecule has 2 amide bonds. The minimum absolute atomic E-state index is 0.0103. The SMILES string of the molecule is CC(C)COC(C)ONC(=O)CCC(N)=O. The molecule has 6 nitrogen and oxygen atoms in total. The molecule has 0 aromatic rings. The minimum atomic E-state index is -0.515. The normalized spacial score (nSPS) is 12.5. The first kappa shape index (κ1) is 14.9. The molecule has 3 N–H and O–H groups in total. The van der Waals surface area contributed by atoms with Crippen LogP contribution in [0.4, 0.5) is 0 Å². The number of rotatable bonds is 8. The maximum atomic E-state index is 11.1. The number of hydrogen-bond donors (Lipinski definition) is 2. The van der Waals surface area contributed by atoms with Crippen molar-refractivity contribution in [3.8, 4) is 0 Å². The summed E-state index contributed by atoms with van der Waals surface area (Å²) in [4.78, 5) is 26.4. The molecule has 0 saturated carbocycles. The molecule has 0 aliphatic heterocycles. The van der Waals surface area contributed by atoms with Crippen LogP contribution in [-0.2, 0) is 19.2 Å². The summed E-state index contributed by atoms with van der Waals surface area (Å²) in [6.45, 7) is 6.26. The van der Waals surface area contributed by atoms with Crippen LogP contribution in [0.1, 0.15) is 33.6 Å². The molecule has 0 aromatic heterocycles. The summed E-state index contributed by atoms with van der Waals surface area (Å²) < 4.78 is 5.25. The summed E-state index contributed by atoms with van der Waals surface area (Å²) in [5.74, 6) is -0.505. The van der Waals surface area contributed by atoms with Gasteiger partial charge in [-0.05, 0) is 12.8 Å². The number of ether oxygens (including phenoxy) is 1. The molecule has 0 saturated heterocycles. The average molecular weight is 232 g/mol. The van der Waals surface area contributed by atoms with Crippen LogP contribution in [0.25, 0.3) is 0 Å². The Morgan fingerprint density at radius 1 is 1.25 bits per heavy atom. The van der Waals surface area contributed by atoms with Gasteiger partial charge < -0.3 is 10.5 Å². The van der Waals surface area contributed by atoms with E-state index in [4.69, 9.17) is 15.3 Å². The lowest BCUT2D eigenvalue weighted by Crippen LogP contribution is -2.30. The molecular weight excluding hydrogens is 212 g/mol. The Morgan fingerprint density at radius 2 is 1.88 bits per heavy atom. The van der Waals surface area contributed by atoms with Gasteiger partial charge in [-0.3, -0.25) is 9.59 Å². The largest absolute Gasteiger partial charge is 0.370 e. The van der Waals surface area contributed by atoms with Gasteiger partial charge in [0.1, 0.15) is 0 Å². The van der Waals surface area contributed by atoms with Crippen molar-refractivity contribution in [2.45, 2.75) is 39.9 Å². The number of nitrogens with two attached hydrogens (primary N) is 1. The van der Waals surface area contributed by atoms with E-state index in [2.05, 4.69) is 5.48 Å². The van der Waals surface area contributed by atoms with E-state index in [9.17, 15) is 9.59 Å². The van der Waals surface area contributed by atoms with Gasteiger partial charge in [0.15, 0.2) is 6.29 Å². The van der Waals surface area contributed by atoms with Crippen molar-refractivity contribution < 1.29 is 19.2 Å². The topological polar surface area (TPSA) is 90.7 Å². The van der Waals surface area contributed by atoms with Crippen LogP contribution in [0.5, 0.6) is 0 Å². The minimum Gasteiger partial charge on any atom is -0.370 e. The number of amides is 2. The monoisotopic (exact) mass is 232 g/mol. The van der Waals surface area contributed by atoms with Gasteiger partial charge in [0.25, 0.3) is 0 Å². The Kier molecular flexibility index (Phi) is 7.49. The molecule has 6 heteroatoms. The van der Waals surface area contributed by atoms with Crippen LogP contribution in [0.15, 0.2) is 0 Å². The van der Waals surface area contributed by atoms with Crippen LogP contribution in [0, 0.1) is 5.92 Å². The molecule has 0 aromatic carbocycles. The van der Waals surface area contributed by atoms with Crippen molar-refractivity contribution in [2.75, 3.05) is 6.61 Å². The third-order valence-corrected chi connectivity index (χ3v) is 1.60. The number of hydroxylamine groups is 1. The lowest BCUT2D eigenvalue weighted by atomic mass is 10.2. The third kappa shape index (κ3) is 9.42. The zero-order chi connectivity index (χ0) is 12.6. The predicted molar refractivity (Wildman–Crippen MR) is 57.9 cm³/mol. The van der Waals surface area contributed by atoms with E-state index >= 15 is 0 Å². The first-order valence-electron chi connectivity index (χ1n) is 5.26. The van der Waals surface area contributed by atoms with E-state index in [1.165, 1.54) is 0 Å². The molecule has 0 fully saturated rings. The molecule has 1 atom stereocenters. The quantitative estimate of drug-likeness (QED) is 0.465. The first-order valence-corrected chi connectivity index (χ1v) is 5.26. The second-order valence-electron chi connectivity index (χ2n) is 3.90. The van der Waals surface area contributed by atoms with Gasteiger partial charge in [0, 0.05) is 12.8 Å². The van der Waals surface area contributed by atoms with Crippen LogP contribution >= 0.6 is 0 Å². The van der Waals surface area contributed by atoms with Crippen LogP contribution in [-0.4, -0.2) is 24.7 Å². The number of primary amides is 1. The van der Waals surface area contributed by atoms with Gasteiger partial charge in [-0.15, -0.1) is 0 Å². The molecule has 0 aliphatic rings. The fraction of sp³-hybridized carbons (Fsp3) is 0.800. The van der Waals surface area contributed by atoms with E-state index in [1.54, 1.807) is 6.92 Å². The van der Waals surface area contributed by atoms with Crippen molar-refractivity contribution in [3.05, 3.63) is 0 Å². The third-order valence-electron chi connectivity index (χ3n) is 1.60. The van der Waals surface area contributed by atoms with E-state index in [1.807, 2.05) is 13.8 Å². The molecular formula is C10H20N2O4. The Balaban J connectivity index is 3.54. The fourth-order valence-electron chi connectivity index (χ4n) is 0.798. The summed E-state index contributed by atoms with van der Waals surface area (Å²) in [5, 5.41) is 0. The molecule has 0 bridgehead atoms. The van der Waals surface area contributed by atoms with E-state index < -0.39 is 18.1 Å². The molecule has 0 spiro atoms. The number of hydrogen-bond acceptors (Lipinski definition) is 4. The maximum Gasteiger partial charge on any atom is 0.244 e. The highest BCUT2D eigenvalue weighted by molar-refractivity contribution is 5.82.